The van der Waals surface area contributed by atoms with E-state index in [1.807, 2.05) is 0 Å². The van der Waals surface area contributed by atoms with Crippen molar-refractivity contribution in [1.29, 1.82) is 0 Å². The third-order valence-electron chi connectivity index (χ3n) is 8.76. The number of carbonyl (C=O) groups excluding carboxylic acids is 1. The lowest BCUT2D eigenvalue weighted by Crippen LogP contribution is -2.28. The molecule has 0 N–H and O–H groups in total. The highest BCUT2D eigenvalue weighted by Crippen LogP contribution is 2.47. The minimum absolute atomic E-state index is 0.0136. The molecule has 3 nitrogen and oxygen atoms in total. The molecular formula is C37H49N2O+. The number of nitrogens with zero attached hydrogens (tertiary/aromatic N) is 2. The van der Waals surface area contributed by atoms with Crippen molar-refractivity contribution in [3.63, 3.8) is 0 Å². The Morgan fingerprint density at radius 2 is 1.65 bits per heavy atom. The highest BCUT2D eigenvalue weighted by Gasteiger charge is 2.44. The lowest BCUT2D eigenvalue weighted by atomic mass is 9.81. The highest BCUT2D eigenvalue weighted by atomic mass is 16.1. The van der Waals surface area contributed by atoms with Gasteiger partial charge in [0.25, 0.3) is 0 Å². The molecular weight excluding hydrogens is 488 g/mol. The molecule has 0 amide bonds. The zero-order valence-corrected chi connectivity index (χ0v) is 25.9. The quantitative estimate of drug-likeness (QED) is 0.153. The number of carbonyl (C=O) groups is 1. The van der Waals surface area contributed by atoms with Crippen molar-refractivity contribution in [2.75, 3.05) is 18.0 Å². The Kier molecular flexibility index (Phi) is 9.33. The number of benzene rings is 2. The van der Waals surface area contributed by atoms with Crippen molar-refractivity contribution < 1.29 is 9.37 Å². The molecule has 212 valence electrons. The average Bonchev–Trinajstić information content (AvgIpc) is 3.26. The van der Waals surface area contributed by atoms with Crippen LogP contribution in [-0.4, -0.2) is 29.2 Å². The summed E-state index contributed by atoms with van der Waals surface area (Å²) in [5, 5.41) is 0. The van der Waals surface area contributed by atoms with Gasteiger partial charge in [-0.25, -0.2) is 0 Å². The lowest BCUT2D eigenvalue weighted by Gasteiger charge is -2.25. The van der Waals surface area contributed by atoms with E-state index in [2.05, 4.69) is 131 Å². The Labute approximate surface area is 243 Å². The van der Waals surface area contributed by atoms with E-state index in [9.17, 15) is 4.79 Å². The summed E-state index contributed by atoms with van der Waals surface area (Å²) >= 11 is 0. The fourth-order valence-electron chi connectivity index (χ4n) is 6.54. The second-order valence-electron chi connectivity index (χ2n) is 12.5. The summed E-state index contributed by atoms with van der Waals surface area (Å²) in [6, 6.07) is 15.7. The van der Waals surface area contributed by atoms with Gasteiger partial charge in [-0.15, -0.1) is 0 Å². The van der Waals surface area contributed by atoms with Gasteiger partial charge in [-0.05, 0) is 70.7 Å². The van der Waals surface area contributed by atoms with Gasteiger partial charge in [0.2, 0.25) is 5.69 Å². The SMILES string of the molecule is CCCC(=O)CCCCC[N+]1=C(/C=C/C=C/C=C2\N(CC)c3ccccc3C2(C)C)C(C)(C)c2cc(C)ccc21. The fraction of sp³-hybridized carbons (Fsp3) is 0.459. The van der Waals surface area contributed by atoms with E-state index >= 15 is 0 Å². The Hall–Kier alpha value is -3.20. The Morgan fingerprint density at radius 3 is 2.40 bits per heavy atom. The number of likely N-dealkylation sites (N-methyl/N-ethyl adjacent to an activating group) is 1. The molecule has 2 aliphatic heterocycles. The zero-order valence-electron chi connectivity index (χ0n) is 25.9. The van der Waals surface area contributed by atoms with Crippen LogP contribution in [0.25, 0.3) is 0 Å². The molecule has 4 rings (SSSR count). The van der Waals surface area contributed by atoms with Crippen LogP contribution in [0.2, 0.25) is 0 Å². The molecule has 0 spiro atoms. The first-order chi connectivity index (χ1) is 19.1. The molecule has 2 aromatic rings. The number of unbranched alkanes of at least 4 members (excludes halogenated alkanes) is 2. The second kappa shape index (κ2) is 12.5. The van der Waals surface area contributed by atoms with Gasteiger partial charge in [-0.1, -0.05) is 68.8 Å². The Bertz CT molecular complexity index is 1350. The number of Topliss-reactive ketones (excluding diaryl/α,β-unsaturated/α-hetero) is 1. The summed E-state index contributed by atoms with van der Waals surface area (Å²) in [6.45, 7) is 17.8. The molecule has 0 saturated heterocycles. The number of ketones is 1. The second-order valence-corrected chi connectivity index (χ2v) is 12.5. The van der Waals surface area contributed by atoms with Crippen molar-refractivity contribution in [2.45, 2.75) is 97.8 Å². The number of hydrogen-bond acceptors (Lipinski definition) is 2. The third kappa shape index (κ3) is 5.94. The molecule has 0 fully saturated rings. The minimum Gasteiger partial charge on any atom is -0.344 e. The molecule has 2 aliphatic rings. The van der Waals surface area contributed by atoms with Gasteiger partial charge < -0.3 is 4.90 Å². The number of allylic oxidation sites excluding steroid dienone is 6. The molecule has 3 heteroatoms. The number of aryl methyl sites for hydroxylation is 1. The van der Waals surface area contributed by atoms with Gasteiger partial charge in [-0.3, -0.25) is 4.79 Å². The molecule has 0 aliphatic carbocycles. The van der Waals surface area contributed by atoms with E-state index in [-0.39, 0.29) is 10.8 Å². The maximum absolute atomic E-state index is 11.9. The van der Waals surface area contributed by atoms with Gasteiger partial charge in [0.05, 0.1) is 5.41 Å². The van der Waals surface area contributed by atoms with Crippen LogP contribution in [0, 0.1) is 6.92 Å². The van der Waals surface area contributed by atoms with E-state index in [0.717, 1.165) is 51.6 Å². The third-order valence-corrected chi connectivity index (χ3v) is 8.76. The van der Waals surface area contributed by atoms with Crippen molar-refractivity contribution >= 4 is 22.9 Å². The number of fused-ring (bicyclic) bond motifs is 2. The molecule has 0 bridgehead atoms. The summed E-state index contributed by atoms with van der Waals surface area (Å²) < 4.78 is 2.51. The van der Waals surface area contributed by atoms with Crippen molar-refractivity contribution in [3.8, 4) is 0 Å². The summed E-state index contributed by atoms with van der Waals surface area (Å²) in [7, 11) is 0. The number of rotatable bonds is 12. The maximum Gasteiger partial charge on any atom is 0.209 e. The van der Waals surface area contributed by atoms with Crippen molar-refractivity contribution in [1.82, 2.24) is 0 Å². The van der Waals surface area contributed by atoms with Crippen LogP contribution >= 0.6 is 0 Å². The first-order valence-electron chi connectivity index (χ1n) is 15.3. The molecule has 0 radical (unpaired) electrons. The topological polar surface area (TPSA) is 23.3 Å². The molecule has 0 atom stereocenters. The minimum atomic E-state index is -0.0602. The van der Waals surface area contributed by atoms with Gasteiger partial charge in [0, 0.05) is 60.3 Å². The van der Waals surface area contributed by atoms with Crippen molar-refractivity contribution in [2.24, 2.45) is 0 Å². The zero-order chi connectivity index (χ0) is 28.9. The van der Waals surface area contributed by atoms with E-state index < -0.39 is 0 Å². The van der Waals surface area contributed by atoms with E-state index in [1.165, 1.54) is 39.5 Å². The van der Waals surface area contributed by atoms with Gasteiger partial charge in [0.1, 0.15) is 12.3 Å². The molecule has 2 heterocycles. The first-order valence-corrected chi connectivity index (χ1v) is 15.3. The maximum atomic E-state index is 11.9. The van der Waals surface area contributed by atoms with Gasteiger partial charge in [0.15, 0.2) is 5.71 Å². The van der Waals surface area contributed by atoms with Crippen LogP contribution in [0.4, 0.5) is 11.4 Å². The van der Waals surface area contributed by atoms with Gasteiger partial charge in [-0.2, -0.15) is 4.58 Å². The summed E-state index contributed by atoms with van der Waals surface area (Å²) in [5.74, 6) is 0.412. The molecule has 0 saturated carbocycles. The van der Waals surface area contributed by atoms with Crippen LogP contribution in [0.3, 0.4) is 0 Å². The highest BCUT2D eigenvalue weighted by molar-refractivity contribution is 6.03. The first kappa shape index (κ1) is 29.8. The van der Waals surface area contributed by atoms with Crippen LogP contribution in [-0.2, 0) is 15.6 Å². The standard InChI is InChI=1S/C37H49N2O/c1-8-18-29(40)19-12-11-17-26-39-33-25-24-28(3)27-31(33)37(6,7)35(39)23-14-10-13-22-34-36(4,5)30-20-15-16-21-32(30)38(34)9-2/h10,13-16,20-25,27H,8-9,11-12,17-19,26H2,1-7H3/q+1. The average molecular weight is 538 g/mol. The number of anilines is 1. The molecule has 2 aromatic carbocycles. The molecule has 0 unspecified atom stereocenters. The van der Waals surface area contributed by atoms with Crippen LogP contribution in [0.15, 0.2) is 78.5 Å². The normalized spacial score (nSPS) is 18.4. The summed E-state index contributed by atoms with van der Waals surface area (Å²) in [4.78, 5) is 14.4. The molecule has 40 heavy (non-hydrogen) atoms. The Balaban J connectivity index is 1.53. The number of para-hydroxylation sites is 1. The predicted octanol–water partition coefficient (Wildman–Crippen LogP) is 9.11. The van der Waals surface area contributed by atoms with E-state index in [1.54, 1.807) is 0 Å². The monoisotopic (exact) mass is 537 g/mol. The van der Waals surface area contributed by atoms with Crippen LogP contribution in [0.5, 0.6) is 0 Å². The molecule has 0 aromatic heterocycles. The Morgan fingerprint density at radius 1 is 0.875 bits per heavy atom. The van der Waals surface area contributed by atoms with Gasteiger partial charge >= 0.3 is 0 Å². The fourth-order valence-corrected chi connectivity index (χ4v) is 6.54. The van der Waals surface area contributed by atoms with Crippen molar-refractivity contribution in [3.05, 3.63) is 95.2 Å². The summed E-state index contributed by atoms with van der Waals surface area (Å²) in [6.07, 6.45) is 16.7. The summed E-state index contributed by atoms with van der Waals surface area (Å²) in [5.41, 5.74) is 9.37. The largest absolute Gasteiger partial charge is 0.344 e. The van der Waals surface area contributed by atoms with Crippen LogP contribution in [0.1, 0.15) is 96.8 Å². The van der Waals surface area contributed by atoms with Crippen LogP contribution < -0.4 is 4.90 Å². The smallest absolute Gasteiger partial charge is 0.209 e. The van der Waals surface area contributed by atoms with E-state index in [4.69, 9.17) is 0 Å². The predicted molar refractivity (Wildman–Crippen MR) is 171 cm³/mol. The lowest BCUT2D eigenvalue weighted by molar-refractivity contribution is -0.438. The van der Waals surface area contributed by atoms with E-state index in [0.29, 0.717) is 5.78 Å². The number of hydrogen-bond donors (Lipinski definition) is 0.